The SMILES string of the molecule is CCN(CCc1ccncc1)C(=O)Cc1scnc1C. The monoisotopic (exact) mass is 289 g/mol. The smallest absolute Gasteiger partial charge is 0.227 e. The van der Waals surface area contributed by atoms with Gasteiger partial charge in [0.05, 0.1) is 17.6 Å². The quantitative estimate of drug-likeness (QED) is 0.820. The summed E-state index contributed by atoms with van der Waals surface area (Å²) in [7, 11) is 0. The summed E-state index contributed by atoms with van der Waals surface area (Å²) >= 11 is 1.55. The van der Waals surface area contributed by atoms with Crippen molar-refractivity contribution in [3.8, 4) is 0 Å². The molecule has 5 heteroatoms. The maximum absolute atomic E-state index is 12.3. The first-order chi connectivity index (χ1) is 9.70. The van der Waals surface area contributed by atoms with Crippen molar-refractivity contribution < 1.29 is 4.79 Å². The summed E-state index contributed by atoms with van der Waals surface area (Å²) in [5.41, 5.74) is 3.97. The number of hydrogen-bond acceptors (Lipinski definition) is 4. The molecule has 2 aromatic heterocycles. The number of pyridine rings is 1. The van der Waals surface area contributed by atoms with E-state index in [-0.39, 0.29) is 5.91 Å². The Hall–Kier alpha value is -1.75. The molecule has 0 fully saturated rings. The largest absolute Gasteiger partial charge is 0.342 e. The molecule has 0 N–H and O–H groups in total. The van der Waals surface area contributed by atoms with Gasteiger partial charge in [-0.25, -0.2) is 4.98 Å². The van der Waals surface area contributed by atoms with Gasteiger partial charge in [-0.3, -0.25) is 9.78 Å². The van der Waals surface area contributed by atoms with Crippen LogP contribution in [0, 0.1) is 6.92 Å². The summed E-state index contributed by atoms with van der Waals surface area (Å²) in [6, 6.07) is 3.98. The Morgan fingerprint density at radius 3 is 2.70 bits per heavy atom. The Bertz CT molecular complexity index is 553. The highest BCUT2D eigenvalue weighted by Gasteiger charge is 2.14. The van der Waals surface area contributed by atoms with E-state index in [1.165, 1.54) is 5.56 Å². The molecular formula is C15H19N3OS. The molecule has 4 nitrogen and oxygen atoms in total. The van der Waals surface area contributed by atoms with E-state index in [1.807, 2.05) is 30.9 Å². The van der Waals surface area contributed by atoms with Gasteiger partial charge in [0, 0.05) is 30.4 Å². The molecule has 0 aliphatic heterocycles. The van der Waals surface area contributed by atoms with Crippen LogP contribution >= 0.6 is 11.3 Å². The Morgan fingerprint density at radius 1 is 1.35 bits per heavy atom. The van der Waals surface area contributed by atoms with Gasteiger partial charge in [0.1, 0.15) is 0 Å². The predicted octanol–water partition coefficient (Wildman–Crippen LogP) is 2.48. The summed E-state index contributed by atoms with van der Waals surface area (Å²) in [6.45, 7) is 5.45. The van der Waals surface area contributed by atoms with E-state index in [1.54, 1.807) is 29.2 Å². The molecule has 20 heavy (non-hydrogen) atoms. The second kappa shape index (κ2) is 7.14. The van der Waals surface area contributed by atoms with E-state index >= 15 is 0 Å². The number of hydrogen-bond donors (Lipinski definition) is 0. The first-order valence-electron chi connectivity index (χ1n) is 6.76. The topological polar surface area (TPSA) is 46.1 Å². The number of carbonyl (C=O) groups excluding carboxylic acids is 1. The van der Waals surface area contributed by atoms with Gasteiger partial charge < -0.3 is 4.90 Å². The highest BCUT2D eigenvalue weighted by molar-refractivity contribution is 7.09. The zero-order chi connectivity index (χ0) is 14.4. The van der Waals surface area contributed by atoms with Gasteiger partial charge in [-0.15, -0.1) is 11.3 Å². The van der Waals surface area contributed by atoms with E-state index in [0.717, 1.165) is 30.1 Å². The fourth-order valence-corrected chi connectivity index (χ4v) is 2.79. The average molecular weight is 289 g/mol. The first-order valence-corrected chi connectivity index (χ1v) is 7.64. The lowest BCUT2D eigenvalue weighted by molar-refractivity contribution is -0.130. The fourth-order valence-electron chi connectivity index (χ4n) is 2.02. The third kappa shape index (κ3) is 3.87. The van der Waals surface area contributed by atoms with Crippen LogP contribution in [0.2, 0.25) is 0 Å². The normalized spacial score (nSPS) is 10.5. The van der Waals surface area contributed by atoms with Crippen LogP contribution in [0.4, 0.5) is 0 Å². The van der Waals surface area contributed by atoms with Crippen LogP contribution in [0.25, 0.3) is 0 Å². The molecule has 0 aliphatic carbocycles. The van der Waals surface area contributed by atoms with Gasteiger partial charge in [0.25, 0.3) is 0 Å². The number of aromatic nitrogens is 2. The predicted molar refractivity (Wildman–Crippen MR) is 80.8 cm³/mol. The maximum atomic E-state index is 12.3. The van der Waals surface area contributed by atoms with Crippen molar-refractivity contribution in [3.63, 3.8) is 0 Å². The number of rotatable bonds is 6. The van der Waals surface area contributed by atoms with Gasteiger partial charge in [0.2, 0.25) is 5.91 Å². The third-order valence-corrected chi connectivity index (χ3v) is 4.25. The third-order valence-electron chi connectivity index (χ3n) is 3.31. The van der Waals surface area contributed by atoms with Crippen molar-refractivity contribution in [2.24, 2.45) is 0 Å². The van der Waals surface area contributed by atoms with Crippen LogP contribution in [0.15, 0.2) is 30.0 Å². The van der Waals surface area contributed by atoms with Crippen LogP contribution in [0.1, 0.15) is 23.1 Å². The standard InChI is InChI=1S/C15H19N3OS/c1-3-18(9-6-13-4-7-16-8-5-13)15(19)10-14-12(2)17-11-20-14/h4-5,7-8,11H,3,6,9-10H2,1-2H3. The summed E-state index contributed by atoms with van der Waals surface area (Å²) < 4.78 is 0. The number of nitrogens with zero attached hydrogens (tertiary/aromatic N) is 3. The second-order valence-corrected chi connectivity index (χ2v) is 5.56. The molecule has 2 rings (SSSR count). The number of thiazole rings is 1. The lowest BCUT2D eigenvalue weighted by Gasteiger charge is -2.20. The van der Waals surface area contributed by atoms with Gasteiger partial charge in [0.15, 0.2) is 0 Å². The van der Waals surface area contributed by atoms with Crippen molar-refractivity contribution in [1.29, 1.82) is 0 Å². The van der Waals surface area contributed by atoms with E-state index in [4.69, 9.17) is 0 Å². The number of amides is 1. The van der Waals surface area contributed by atoms with Crippen LogP contribution in [0.5, 0.6) is 0 Å². The molecule has 0 radical (unpaired) electrons. The molecule has 0 atom stereocenters. The van der Waals surface area contributed by atoms with Crippen molar-refractivity contribution >= 4 is 17.2 Å². The fraction of sp³-hybridized carbons (Fsp3) is 0.400. The van der Waals surface area contributed by atoms with Crippen molar-refractivity contribution in [1.82, 2.24) is 14.9 Å². The molecule has 2 heterocycles. The zero-order valence-electron chi connectivity index (χ0n) is 11.9. The summed E-state index contributed by atoms with van der Waals surface area (Å²) in [4.78, 5) is 23.5. The van der Waals surface area contributed by atoms with Crippen LogP contribution in [-0.2, 0) is 17.6 Å². The minimum Gasteiger partial charge on any atom is -0.342 e. The van der Waals surface area contributed by atoms with Crippen molar-refractivity contribution in [2.45, 2.75) is 26.7 Å². The molecule has 0 saturated carbocycles. The van der Waals surface area contributed by atoms with Crippen molar-refractivity contribution in [2.75, 3.05) is 13.1 Å². The van der Waals surface area contributed by atoms with Gasteiger partial charge in [-0.2, -0.15) is 0 Å². The molecule has 0 unspecified atom stereocenters. The van der Waals surface area contributed by atoms with E-state index in [2.05, 4.69) is 9.97 Å². The zero-order valence-corrected chi connectivity index (χ0v) is 12.7. The molecule has 1 amide bonds. The number of carbonyl (C=O) groups is 1. The summed E-state index contributed by atoms with van der Waals surface area (Å²) in [5, 5.41) is 0. The average Bonchev–Trinajstić information content (AvgIpc) is 2.86. The summed E-state index contributed by atoms with van der Waals surface area (Å²) in [5.74, 6) is 0.175. The second-order valence-electron chi connectivity index (χ2n) is 4.62. The lowest BCUT2D eigenvalue weighted by atomic mass is 10.2. The van der Waals surface area contributed by atoms with E-state index in [0.29, 0.717) is 6.42 Å². The molecular weight excluding hydrogens is 270 g/mol. The Kier molecular flexibility index (Phi) is 5.24. The molecule has 0 spiro atoms. The van der Waals surface area contributed by atoms with E-state index < -0.39 is 0 Å². The Morgan fingerprint density at radius 2 is 2.10 bits per heavy atom. The lowest BCUT2D eigenvalue weighted by Crippen LogP contribution is -2.33. The number of aryl methyl sites for hydroxylation is 1. The molecule has 0 saturated heterocycles. The van der Waals surface area contributed by atoms with Gasteiger partial charge in [-0.05, 0) is 38.0 Å². The number of likely N-dealkylation sites (N-methyl/N-ethyl adjacent to an activating group) is 1. The first kappa shape index (κ1) is 14.7. The highest BCUT2D eigenvalue weighted by Crippen LogP contribution is 2.14. The van der Waals surface area contributed by atoms with Gasteiger partial charge in [-0.1, -0.05) is 0 Å². The minimum absolute atomic E-state index is 0.175. The molecule has 0 aliphatic rings. The highest BCUT2D eigenvalue weighted by atomic mass is 32.1. The summed E-state index contributed by atoms with van der Waals surface area (Å²) in [6.07, 6.45) is 4.90. The minimum atomic E-state index is 0.175. The van der Waals surface area contributed by atoms with E-state index in [9.17, 15) is 4.79 Å². The van der Waals surface area contributed by atoms with Gasteiger partial charge >= 0.3 is 0 Å². The van der Waals surface area contributed by atoms with Crippen LogP contribution in [-0.4, -0.2) is 33.9 Å². The van der Waals surface area contributed by atoms with Crippen LogP contribution in [0.3, 0.4) is 0 Å². The Balaban J connectivity index is 1.91. The van der Waals surface area contributed by atoms with Crippen molar-refractivity contribution in [3.05, 3.63) is 46.2 Å². The molecule has 2 aromatic rings. The molecule has 0 aromatic carbocycles. The Labute approximate surface area is 123 Å². The molecule has 106 valence electrons. The molecule has 0 bridgehead atoms. The maximum Gasteiger partial charge on any atom is 0.227 e. The van der Waals surface area contributed by atoms with Crippen LogP contribution < -0.4 is 0 Å².